The molecule has 3 amide bonds. The van der Waals surface area contributed by atoms with Crippen LogP contribution in [0.2, 0.25) is 0 Å². The fourth-order valence-corrected chi connectivity index (χ4v) is 2.81. The number of carbonyl (C=O) groups is 3. The lowest BCUT2D eigenvalue weighted by Gasteiger charge is -2.22. The van der Waals surface area contributed by atoms with Crippen LogP contribution in [-0.4, -0.2) is 30.3 Å². The van der Waals surface area contributed by atoms with Gasteiger partial charge in [-0.2, -0.15) is 0 Å². The number of anilines is 1. The second kappa shape index (κ2) is 5.55. The highest BCUT2D eigenvalue weighted by Gasteiger charge is 2.28. The summed E-state index contributed by atoms with van der Waals surface area (Å²) in [6, 6.07) is 5.30. The van der Waals surface area contributed by atoms with E-state index in [4.69, 9.17) is 0 Å². The zero-order valence-corrected chi connectivity index (χ0v) is 11.6. The van der Waals surface area contributed by atoms with Crippen molar-refractivity contribution >= 4 is 23.4 Å². The molecule has 1 unspecified atom stereocenters. The Bertz CT molecular complexity index is 612. The molecule has 0 saturated carbocycles. The van der Waals surface area contributed by atoms with E-state index in [0.29, 0.717) is 6.42 Å². The van der Waals surface area contributed by atoms with Crippen molar-refractivity contribution in [3.05, 3.63) is 29.3 Å². The van der Waals surface area contributed by atoms with Crippen LogP contribution in [0, 0.1) is 0 Å². The smallest absolute Gasteiger partial charge is 0.249 e. The van der Waals surface area contributed by atoms with Crippen molar-refractivity contribution in [3.8, 4) is 0 Å². The molecule has 6 heteroatoms. The van der Waals surface area contributed by atoms with Gasteiger partial charge in [-0.15, -0.1) is 0 Å². The Hall–Kier alpha value is -2.37. The molecule has 110 valence electrons. The number of nitrogens with one attached hydrogen (secondary N) is 3. The van der Waals surface area contributed by atoms with E-state index in [2.05, 4.69) is 22.0 Å². The van der Waals surface area contributed by atoms with Crippen LogP contribution in [0.1, 0.15) is 24.0 Å². The normalized spacial score (nSPS) is 20.5. The average Bonchev–Trinajstić information content (AvgIpc) is 2.91. The number of hydrogen-bond acceptors (Lipinski definition) is 4. The van der Waals surface area contributed by atoms with Crippen LogP contribution < -0.4 is 16.0 Å². The summed E-state index contributed by atoms with van der Waals surface area (Å²) in [5.74, 6) is -0.904. The Labute approximate surface area is 122 Å². The van der Waals surface area contributed by atoms with Gasteiger partial charge < -0.3 is 10.6 Å². The Morgan fingerprint density at radius 2 is 2.14 bits per heavy atom. The van der Waals surface area contributed by atoms with Crippen LogP contribution in [0.5, 0.6) is 0 Å². The first kappa shape index (κ1) is 13.6. The Morgan fingerprint density at radius 3 is 2.95 bits per heavy atom. The largest absolute Gasteiger partial charge is 0.384 e. The molecule has 3 rings (SSSR count). The van der Waals surface area contributed by atoms with Crippen molar-refractivity contribution in [2.75, 3.05) is 11.9 Å². The van der Waals surface area contributed by atoms with E-state index >= 15 is 0 Å². The Balaban J connectivity index is 1.64. The van der Waals surface area contributed by atoms with Gasteiger partial charge in [0.05, 0.1) is 6.42 Å². The summed E-state index contributed by atoms with van der Waals surface area (Å²) in [4.78, 5) is 34.8. The number of para-hydroxylation sites is 1. The number of rotatable bonds is 3. The molecular weight excluding hydrogens is 270 g/mol. The fraction of sp³-hybridized carbons (Fsp3) is 0.400. The maximum absolute atomic E-state index is 12.1. The topological polar surface area (TPSA) is 87.3 Å². The highest BCUT2D eigenvalue weighted by atomic mass is 16.2. The van der Waals surface area contributed by atoms with Crippen LogP contribution in [0.4, 0.5) is 5.69 Å². The molecule has 1 fully saturated rings. The van der Waals surface area contributed by atoms with Crippen LogP contribution in [0.3, 0.4) is 0 Å². The van der Waals surface area contributed by atoms with Crippen molar-refractivity contribution in [2.24, 2.45) is 0 Å². The van der Waals surface area contributed by atoms with Gasteiger partial charge in [-0.25, -0.2) is 0 Å². The van der Waals surface area contributed by atoms with E-state index < -0.39 is 11.9 Å². The minimum atomic E-state index is -0.611. The highest BCUT2D eigenvalue weighted by Crippen LogP contribution is 2.26. The molecule has 1 atom stereocenters. The third-order valence-electron chi connectivity index (χ3n) is 3.86. The van der Waals surface area contributed by atoms with Gasteiger partial charge in [0.2, 0.25) is 17.7 Å². The third-order valence-corrected chi connectivity index (χ3v) is 3.86. The molecule has 2 heterocycles. The van der Waals surface area contributed by atoms with Gasteiger partial charge in [-0.1, -0.05) is 18.2 Å². The first-order valence-corrected chi connectivity index (χ1v) is 7.11. The molecule has 0 aromatic heterocycles. The van der Waals surface area contributed by atoms with Gasteiger partial charge in [0.25, 0.3) is 0 Å². The van der Waals surface area contributed by atoms with Crippen LogP contribution in [-0.2, 0) is 27.2 Å². The molecule has 2 aliphatic rings. The first-order valence-electron chi connectivity index (χ1n) is 7.11. The average molecular weight is 287 g/mol. The zero-order valence-electron chi connectivity index (χ0n) is 11.6. The highest BCUT2D eigenvalue weighted by molar-refractivity contribution is 6.01. The van der Waals surface area contributed by atoms with Crippen LogP contribution in [0.25, 0.3) is 0 Å². The van der Waals surface area contributed by atoms with Crippen molar-refractivity contribution in [1.82, 2.24) is 10.6 Å². The van der Waals surface area contributed by atoms with Crippen molar-refractivity contribution in [1.29, 1.82) is 0 Å². The Kier molecular flexibility index (Phi) is 3.60. The maximum Gasteiger partial charge on any atom is 0.249 e. The molecular formula is C15H17N3O3. The van der Waals surface area contributed by atoms with Gasteiger partial charge in [-0.3, -0.25) is 19.7 Å². The summed E-state index contributed by atoms with van der Waals surface area (Å²) < 4.78 is 0. The van der Waals surface area contributed by atoms with Crippen LogP contribution >= 0.6 is 0 Å². The summed E-state index contributed by atoms with van der Waals surface area (Å²) in [5.41, 5.74) is 3.20. The molecule has 1 saturated heterocycles. The van der Waals surface area contributed by atoms with E-state index in [9.17, 15) is 14.4 Å². The Morgan fingerprint density at radius 1 is 1.29 bits per heavy atom. The number of carbonyl (C=O) groups excluding carboxylic acids is 3. The fourth-order valence-electron chi connectivity index (χ4n) is 2.81. The van der Waals surface area contributed by atoms with E-state index in [-0.39, 0.29) is 24.7 Å². The van der Waals surface area contributed by atoms with Gasteiger partial charge in [0.1, 0.15) is 6.04 Å². The minimum Gasteiger partial charge on any atom is -0.384 e. The summed E-state index contributed by atoms with van der Waals surface area (Å²) in [5, 5.41) is 8.22. The molecule has 2 aliphatic heterocycles. The lowest BCUT2D eigenvalue weighted by atomic mass is 10.0. The van der Waals surface area contributed by atoms with Crippen molar-refractivity contribution < 1.29 is 14.4 Å². The summed E-state index contributed by atoms with van der Waals surface area (Å²) in [6.07, 6.45) is 1.83. The molecule has 0 radical (unpaired) electrons. The second-order valence-corrected chi connectivity index (χ2v) is 5.38. The summed E-state index contributed by atoms with van der Waals surface area (Å²) in [6.45, 7) is 0.890. The number of imide groups is 1. The van der Waals surface area contributed by atoms with Gasteiger partial charge in [0.15, 0.2) is 0 Å². The summed E-state index contributed by atoms with van der Waals surface area (Å²) in [7, 11) is 0. The monoisotopic (exact) mass is 287 g/mol. The number of hydrogen-bond donors (Lipinski definition) is 3. The molecule has 1 aromatic carbocycles. The molecule has 0 spiro atoms. The number of benzene rings is 1. The second-order valence-electron chi connectivity index (χ2n) is 5.38. The SMILES string of the molecule is O=C1CCC(NC(=O)Cc2cccc3c2NCC3)C(=O)N1. The van der Waals surface area contributed by atoms with Crippen molar-refractivity contribution in [3.63, 3.8) is 0 Å². The minimum absolute atomic E-state index is 0.202. The van der Waals surface area contributed by atoms with Gasteiger partial charge in [0, 0.05) is 18.7 Å². The predicted octanol–water partition coefficient (Wildman–Crippen LogP) is 0.119. The first-order chi connectivity index (χ1) is 10.1. The van der Waals surface area contributed by atoms with E-state index in [1.165, 1.54) is 5.56 Å². The number of fused-ring (bicyclic) bond motifs is 1. The van der Waals surface area contributed by atoms with E-state index in [0.717, 1.165) is 24.2 Å². The van der Waals surface area contributed by atoms with Gasteiger partial charge >= 0.3 is 0 Å². The maximum atomic E-state index is 12.1. The molecule has 6 nitrogen and oxygen atoms in total. The molecule has 0 aliphatic carbocycles. The predicted molar refractivity (Wildman–Crippen MR) is 76.7 cm³/mol. The van der Waals surface area contributed by atoms with E-state index in [1.807, 2.05) is 12.1 Å². The molecule has 0 bridgehead atoms. The molecule has 1 aromatic rings. The molecule has 3 N–H and O–H groups in total. The van der Waals surface area contributed by atoms with Gasteiger partial charge in [-0.05, 0) is 24.0 Å². The van der Waals surface area contributed by atoms with E-state index in [1.54, 1.807) is 0 Å². The lowest BCUT2D eigenvalue weighted by Crippen LogP contribution is -2.52. The number of amides is 3. The zero-order chi connectivity index (χ0) is 14.8. The lowest BCUT2D eigenvalue weighted by molar-refractivity contribution is -0.137. The number of piperidine rings is 1. The third kappa shape index (κ3) is 2.89. The standard InChI is InChI=1S/C15H17N3O3/c19-12-5-4-11(15(21)18-12)17-13(20)8-10-3-1-2-9-6-7-16-14(9)10/h1-3,11,16H,4-8H2,(H,17,20)(H,18,19,21). The quantitative estimate of drug-likeness (QED) is 0.689. The van der Waals surface area contributed by atoms with Crippen LogP contribution in [0.15, 0.2) is 18.2 Å². The summed E-state index contributed by atoms with van der Waals surface area (Å²) >= 11 is 0. The molecule has 21 heavy (non-hydrogen) atoms. The van der Waals surface area contributed by atoms with Crippen molar-refractivity contribution in [2.45, 2.75) is 31.7 Å².